The predicted molar refractivity (Wildman–Crippen MR) is 118 cm³/mol. The number of amides is 1. The van der Waals surface area contributed by atoms with Gasteiger partial charge in [-0.3, -0.25) is 4.79 Å². The minimum absolute atomic E-state index is 0.122. The number of rotatable bonds is 9. The molecule has 1 aromatic heterocycles. The number of aliphatic hydroxyl groups excluding tert-OH is 1. The average molecular weight is 452 g/mol. The van der Waals surface area contributed by atoms with Gasteiger partial charge in [0.25, 0.3) is 0 Å². The van der Waals surface area contributed by atoms with Gasteiger partial charge in [-0.15, -0.1) is 11.3 Å². The molecule has 2 unspecified atom stereocenters. The summed E-state index contributed by atoms with van der Waals surface area (Å²) in [5, 5.41) is 20.1. The highest BCUT2D eigenvalue weighted by Crippen LogP contribution is 2.45. The Morgan fingerprint density at radius 2 is 1.90 bits per heavy atom. The van der Waals surface area contributed by atoms with Crippen LogP contribution in [0.5, 0.6) is 0 Å². The van der Waals surface area contributed by atoms with E-state index in [0.29, 0.717) is 5.56 Å². The quantitative estimate of drug-likeness (QED) is 0.544. The molecule has 31 heavy (non-hydrogen) atoms. The number of nitrogens with one attached hydrogen (secondary N) is 2. The summed E-state index contributed by atoms with van der Waals surface area (Å²) in [5.74, 6) is -1.68. The molecule has 0 spiro atoms. The van der Waals surface area contributed by atoms with Crippen molar-refractivity contribution in [2.24, 2.45) is 5.41 Å². The smallest absolute Gasteiger partial charge is 0.217 e. The molecule has 8 heteroatoms. The molecule has 1 aromatic carbocycles. The Morgan fingerprint density at radius 1 is 1.26 bits per heavy atom. The van der Waals surface area contributed by atoms with Crippen LogP contribution in [0.4, 0.5) is 8.78 Å². The molecule has 1 fully saturated rings. The molecule has 0 aliphatic heterocycles. The Hall–Kier alpha value is -1.90. The molecule has 0 radical (unpaired) electrons. The Bertz CT molecular complexity index is 902. The first-order chi connectivity index (χ1) is 14.5. The van der Waals surface area contributed by atoms with Crippen LogP contribution in [0.2, 0.25) is 0 Å². The fraction of sp³-hybridized carbons (Fsp3) is 0.565. The molecule has 2 aromatic rings. The highest BCUT2D eigenvalue weighted by Gasteiger charge is 2.46. The maximum absolute atomic E-state index is 13.5. The maximum Gasteiger partial charge on any atom is 0.217 e. The molecular weight excluding hydrogens is 420 g/mol. The van der Waals surface area contributed by atoms with E-state index >= 15 is 0 Å². The number of aromatic nitrogens is 1. The molecule has 2 atom stereocenters. The number of carbonyl (C=O) groups is 1. The zero-order chi connectivity index (χ0) is 22.8. The van der Waals surface area contributed by atoms with Crippen LogP contribution >= 0.6 is 11.3 Å². The van der Waals surface area contributed by atoms with Crippen LogP contribution in [0.1, 0.15) is 56.8 Å². The van der Waals surface area contributed by atoms with Crippen LogP contribution in [0, 0.1) is 17.0 Å². The van der Waals surface area contributed by atoms with Crippen molar-refractivity contribution in [2.75, 3.05) is 6.54 Å². The van der Waals surface area contributed by atoms with Crippen molar-refractivity contribution in [3.8, 4) is 0 Å². The van der Waals surface area contributed by atoms with E-state index in [0.717, 1.165) is 36.0 Å². The van der Waals surface area contributed by atoms with E-state index in [2.05, 4.69) is 36.8 Å². The summed E-state index contributed by atoms with van der Waals surface area (Å²) < 4.78 is 27.1. The van der Waals surface area contributed by atoms with Gasteiger partial charge in [-0.1, -0.05) is 20.8 Å². The van der Waals surface area contributed by atoms with Gasteiger partial charge in [-0.2, -0.15) is 0 Å². The molecule has 1 amide bonds. The topological polar surface area (TPSA) is 74.2 Å². The van der Waals surface area contributed by atoms with E-state index in [4.69, 9.17) is 4.98 Å². The standard InChI is InChI=1S/C23H31F2N3O2S/c1-14(29)27-18(9-15-7-16(24)10-17(25)8-15)19(30)12-26-23(5-6-23)20-13-31-21(28-20)11-22(2,3)4/h7-8,10,13,18-19,26,30H,5-6,9,11-12H2,1-4H3,(H,27,29). The van der Waals surface area contributed by atoms with Gasteiger partial charge in [0.15, 0.2) is 0 Å². The van der Waals surface area contributed by atoms with E-state index in [1.165, 1.54) is 19.1 Å². The van der Waals surface area contributed by atoms with Gasteiger partial charge in [-0.25, -0.2) is 13.8 Å². The molecule has 0 saturated heterocycles. The van der Waals surface area contributed by atoms with Gasteiger partial charge in [0, 0.05) is 31.3 Å². The van der Waals surface area contributed by atoms with E-state index in [-0.39, 0.29) is 29.8 Å². The van der Waals surface area contributed by atoms with Gasteiger partial charge in [0.05, 0.1) is 28.4 Å². The fourth-order valence-electron chi connectivity index (χ4n) is 3.68. The molecule has 1 saturated carbocycles. The van der Waals surface area contributed by atoms with Gasteiger partial charge in [0.1, 0.15) is 11.6 Å². The van der Waals surface area contributed by atoms with Crippen molar-refractivity contribution in [3.63, 3.8) is 0 Å². The molecule has 3 rings (SSSR count). The van der Waals surface area contributed by atoms with Gasteiger partial charge in [-0.05, 0) is 42.4 Å². The third-order valence-corrected chi connectivity index (χ3v) is 6.20. The molecule has 5 nitrogen and oxygen atoms in total. The summed E-state index contributed by atoms with van der Waals surface area (Å²) in [4.78, 5) is 16.4. The highest BCUT2D eigenvalue weighted by atomic mass is 32.1. The summed E-state index contributed by atoms with van der Waals surface area (Å²) >= 11 is 1.66. The second-order valence-electron chi connectivity index (χ2n) is 9.68. The SMILES string of the molecule is CC(=O)NC(Cc1cc(F)cc(F)c1)C(O)CNC1(c2csc(CC(C)(C)C)n2)CC1. The van der Waals surface area contributed by atoms with E-state index in [1.807, 2.05) is 0 Å². The van der Waals surface area contributed by atoms with Crippen LogP contribution in [0.25, 0.3) is 0 Å². The number of benzene rings is 1. The normalized spacial score (nSPS) is 17.3. The summed E-state index contributed by atoms with van der Waals surface area (Å²) in [7, 11) is 0. The first-order valence-electron chi connectivity index (χ1n) is 10.6. The first kappa shape index (κ1) is 23.8. The van der Waals surface area contributed by atoms with Gasteiger partial charge >= 0.3 is 0 Å². The molecule has 1 aliphatic carbocycles. The summed E-state index contributed by atoms with van der Waals surface area (Å²) in [5.41, 5.74) is 1.28. The van der Waals surface area contributed by atoms with Crippen molar-refractivity contribution in [2.45, 2.75) is 71.1 Å². The molecule has 3 N–H and O–H groups in total. The Morgan fingerprint density at radius 3 is 2.45 bits per heavy atom. The number of hydrogen-bond acceptors (Lipinski definition) is 5. The van der Waals surface area contributed by atoms with Crippen LogP contribution < -0.4 is 10.6 Å². The first-order valence-corrected chi connectivity index (χ1v) is 11.4. The maximum atomic E-state index is 13.5. The van der Waals surface area contributed by atoms with Crippen LogP contribution in [-0.2, 0) is 23.2 Å². The van der Waals surface area contributed by atoms with E-state index in [9.17, 15) is 18.7 Å². The number of carbonyl (C=O) groups excluding carboxylic acids is 1. The number of nitrogens with zero attached hydrogens (tertiary/aromatic N) is 1. The average Bonchev–Trinajstić information content (AvgIpc) is 3.28. The van der Waals surface area contributed by atoms with Crippen molar-refractivity contribution in [1.29, 1.82) is 0 Å². The third-order valence-electron chi connectivity index (χ3n) is 5.35. The van der Waals surface area contributed by atoms with Gasteiger partial charge in [0.2, 0.25) is 5.91 Å². The molecule has 170 valence electrons. The predicted octanol–water partition coefficient (Wildman–Crippen LogP) is 3.70. The van der Waals surface area contributed by atoms with Crippen LogP contribution in [-0.4, -0.2) is 34.7 Å². The lowest BCUT2D eigenvalue weighted by atomic mass is 9.93. The fourth-order valence-corrected chi connectivity index (χ4v) is 4.88. The minimum atomic E-state index is -0.930. The van der Waals surface area contributed by atoms with Gasteiger partial charge < -0.3 is 15.7 Å². The second kappa shape index (κ2) is 9.30. The lowest BCUT2D eigenvalue weighted by molar-refractivity contribution is -0.120. The Balaban J connectivity index is 1.65. The number of thiazole rings is 1. The van der Waals surface area contributed by atoms with Crippen molar-refractivity contribution >= 4 is 17.2 Å². The van der Waals surface area contributed by atoms with E-state index in [1.54, 1.807) is 11.3 Å². The highest BCUT2D eigenvalue weighted by molar-refractivity contribution is 7.09. The molecule has 1 heterocycles. The Kier molecular flexibility index (Phi) is 7.13. The minimum Gasteiger partial charge on any atom is -0.390 e. The lowest BCUT2D eigenvalue weighted by Crippen LogP contribution is -2.49. The largest absolute Gasteiger partial charge is 0.390 e. The number of hydrogen-bond donors (Lipinski definition) is 3. The lowest BCUT2D eigenvalue weighted by Gasteiger charge is -2.26. The van der Waals surface area contributed by atoms with Crippen molar-refractivity contribution in [3.05, 3.63) is 51.5 Å². The monoisotopic (exact) mass is 451 g/mol. The summed E-state index contributed by atoms with van der Waals surface area (Å²) in [6.07, 6.45) is 1.96. The van der Waals surface area contributed by atoms with Crippen LogP contribution in [0.15, 0.2) is 23.6 Å². The zero-order valence-corrected chi connectivity index (χ0v) is 19.3. The number of aliphatic hydroxyl groups is 1. The zero-order valence-electron chi connectivity index (χ0n) is 18.5. The summed E-state index contributed by atoms with van der Waals surface area (Å²) in [6.45, 7) is 8.13. The van der Waals surface area contributed by atoms with Crippen molar-refractivity contribution < 1.29 is 18.7 Å². The molecule has 1 aliphatic rings. The van der Waals surface area contributed by atoms with E-state index < -0.39 is 23.8 Å². The molecular formula is C23H31F2N3O2S. The van der Waals surface area contributed by atoms with Crippen molar-refractivity contribution in [1.82, 2.24) is 15.6 Å². The summed E-state index contributed by atoms with van der Waals surface area (Å²) in [6, 6.07) is 2.56. The molecule has 0 bridgehead atoms. The second-order valence-corrected chi connectivity index (χ2v) is 10.6. The number of halogens is 2. The Labute approximate surface area is 186 Å². The van der Waals surface area contributed by atoms with Crippen LogP contribution in [0.3, 0.4) is 0 Å². The third kappa shape index (κ3) is 6.79.